The zero-order chi connectivity index (χ0) is 27.7. The fourth-order valence-electron chi connectivity index (χ4n) is 5.65. The second kappa shape index (κ2) is 10.7. The van der Waals surface area contributed by atoms with Gasteiger partial charge in [0.2, 0.25) is 6.29 Å². The van der Waals surface area contributed by atoms with Crippen LogP contribution in [0.5, 0.6) is 0 Å². The van der Waals surface area contributed by atoms with E-state index in [0.29, 0.717) is 0 Å². The van der Waals surface area contributed by atoms with Gasteiger partial charge in [-0.15, -0.1) is 0 Å². The molecule has 1 amide bonds. The van der Waals surface area contributed by atoms with E-state index in [4.69, 9.17) is 9.16 Å². The molecular weight excluding hydrogens is 497 g/mol. The summed E-state index contributed by atoms with van der Waals surface area (Å²) in [5.41, 5.74) is -0.0435. The predicted molar refractivity (Wildman–Crippen MR) is 150 cm³/mol. The first-order valence-electron chi connectivity index (χ1n) is 13.1. The van der Waals surface area contributed by atoms with E-state index in [1.54, 1.807) is 17.0 Å². The Kier molecular flexibility index (Phi) is 7.96. The van der Waals surface area contributed by atoms with Crippen molar-refractivity contribution in [1.29, 1.82) is 0 Å². The van der Waals surface area contributed by atoms with Crippen LogP contribution >= 0.6 is 0 Å². The van der Waals surface area contributed by atoms with Crippen LogP contribution < -0.4 is 10.4 Å². The lowest BCUT2D eigenvalue weighted by molar-refractivity contribution is -0.226. The van der Waals surface area contributed by atoms with Crippen molar-refractivity contribution in [2.45, 2.75) is 70.6 Å². The molecule has 0 aromatic heterocycles. The van der Waals surface area contributed by atoms with Gasteiger partial charge in [-0.25, -0.2) is 4.39 Å². The number of aliphatic hydroxyl groups excluding tert-OH is 1. The smallest absolute Gasteiger partial charge is 0.280 e. The Hall–Kier alpha value is -2.84. The molecule has 0 radical (unpaired) electrons. The van der Waals surface area contributed by atoms with E-state index in [0.717, 1.165) is 15.9 Å². The summed E-state index contributed by atoms with van der Waals surface area (Å²) in [5.74, 6) is -0.890. The van der Waals surface area contributed by atoms with Crippen molar-refractivity contribution in [2.24, 2.45) is 0 Å². The van der Waals surface area contributed by atoms with Gasteiger partial charge < -0.3 is 19.2 Å². The number of morpholine rings is 1. The van der Waals surface area contributed by atoms with Gasteiger partial charge in [-0.1, -0.05) is 93.6 Å². The predicted octanol–water partition coefficient (Wildman–Crippen LogP) is 4.79. The number of nitrogens with zero attached hydrogens (tertiary/aromatic N) is 1. The number of rotatable bonds is 7. The molecule has 1 heterocycles. The minimum Gasteiger partial charge on any atom is -0.402 e. The standard InChI is InChI=1S/C31H38FNO4Si/c1-22(27(23-17-19-24(32)20-18-23)33-21-31(5,6)36-29(35)28(33)34)37-38(30(2,3)4,25-13-9-7-10-14-25)26-15-11-8-12-16-26/h7-20,22,27,29,35H,21H2,1-6H3/t22-,27+,29?/m1/s1. The molecule has 202 valence electrons. The molecule has 0 bridgehead atoms. The molecule has 1 aliphatic rings. The van der Waals surface area contributed by atoms with E-state index in [1.807, 2.05) is 57.2 Å². The molecule has 0 aliphatic carbocycles. The first-order chi connectivity index (χ1) is 17.9. The summed E-state index contributed by atoms with van der Waals surface area (Å²) in [5, 5.41) is 12.5. The summed E-state index contributed by atoms with van der Waals surface area (Å²) in [4.78, 5) is 15.0. The quantitative estimate of drug-likeness (QED) is 0.442. The summed E-state index contributed by atoms with van der Waals surface area (Å²) in [6.45, 7) is 12.5. The van der Waals surface area contributed by atoms with Gasteiger partial charge >= 0.3 is 0 Å². The van der Waals surface area contributed by atoms with Crippen molar-refractivity contribution in [3.05, 3.63) is 96.3 Å². The van der Waals surface area contributed by atoms with Gasteiger partial charge in [-0.2, -0.15) is 0 Å². The summed E-state index contributed by atoms with van der Waals surface area (Å²) in [6.07, 6.45) is -2.08. The molecule has 1 unspecified atom stereocenters. The highest BCUT2D eigenvalue weighted by molar-refractivity contribution is 6.99. The van der Waals surface area contributed by atoms with Crippen LogP contribution in [0.15, 0.2) is 84.9 Å². The van der Waals surface area contributed by atoms with Crippen molar-refractivity contribution < 1.29 is 23.5 Å². The number of carbonyl (C=O) groups is 1. The molecule has 1 aliphatic heterocycles. The summed E-state index contributed by atoms with van der Waals surface area (Å²) in [6, 6.07) is 26.2. The summed E-state index contributed by atoms with van der Waals surface area (Å²) < 4.78 is 26.9. The van der Waals surface area contributed by atoms with Gasteiger partial charge in [0.25, 0.3) is 14.2 Å². The van der Waals surface area contributed by atoms with Crippen molar-refractivity contribution in [3.8, 4) is 0 Å². The van der Waals surface area contributed by atoms with Crippen LogP contribution in [-0.2, 0) is 14.0 Å². The van der Waals surface area contributed by atoms with Gasteiger partial charge in [-0.05, 0) is 53.9 Å². The molecule has 0 saturated carbocycles. The highest BCUT2D eigenvalue weighted by Gasteiger charge is 2.53. The fraction of sp³-hybridized carbons (Fsp3) is 0.387. The van der Waals surface area contributed by atoms with Crippen molar-refractivity contribution in [1.82, 2.24) is 4.90 Å². The van der Waals surface area contributed by atoms with Crippen molar-refractivity contribution in [3.63, 3.8) is 0 Å². The maximum Gasteiger partial charge on any atom is 0.280 e. The third-order valence-corrected chi connectivity index (χ3v) is 12.4. The summed E-state index contributed by atoms with van der Waals surface area (Å²) >= 11 is 0. The minimum atomic E-state index is -2.96. The number of hydrogen-bond acceptors (Lipinski definition) is 4. The largest absolute Gasteiger partial charge is 0.402 e. The lowest BCUT2D eigenvalue weighted by Crippen LogP contribution is -2.68. The molecule has 1 saturated heterocycles. The number of benzene rings is 3. The van der Waals surface area contributed by atoms with E-state index in [1.165, 1.54) is 12.1 Å². The van der Waals surface area contributed by atoms with Crippen LogP contribution in [0, 0.1) is 5.82 Å². The Morgan fingerprint density at radius 2 is 1.47 bits per heavy atom. The normalized spacial score (nSPS) is 19.7. The second-order valence-corrected chi connectivity index (χ2v) is 15.9. The molecule has 4 rings (SSSR count). The van der Waals surface area contributed by atoms with Crippen LogP contribution in [0.25, 0.3) is 0 Å². The first kappa shape index (κ1) is 28.2. The number of ether oxygens (including phenoxy) is 1. The average molecular weight is 536 g/mol. The van der Waals surface area contributed by atoms with Crippen molar-refractivity contribution in [2.75, 3.05) is 6.54 Å². The number of hydrogen-bond donors (Lipinski definition) is 1. The van der Waals surface area contributed by atoms with Crippen molar-refractivity contribution >= 4 is 24.6 Å². The van der Waals surface area contributed by atoms with Crippen LogP contribution in [-0.4, -0.2) is 48.8 Å². The molecule has 7 heteroatoms. The highest BCUT2D eigenvalue weighted by Crippen LogP contribution is 2.41. The molecule has 38 heavy (non-hydrogen) atoms. The Labute approximate surface area is 226 Å². The van der Waals surface area contributed by atoms with Gasteiger partial charge in [0.05, 0.1) is 24.3 Å². The Balaban J connectivity index is 1.88. The number of halogens is 1. The number of amides is 1. The topological polar surface area (TPSA) is 59.0 Å². The van der Waals surface area contributed by atoms with E-state index in [-0.39, 0.29) is 17.4 Å². The van der Waals surface area contributed by atoms with E-state index >= 15 is 0 Å². The SMILES string of the molecule is C[C@@H](O[Si](c1ccccc1)(c1ccccc1)C(C)(C)C)[C@@H](c1ccc(F)cc1)N1CC(C)(C)OC(O)C1=O. The maximum atomic E-state index is 14.0. The van der Waals surface area contributed by atoms with Gasteiger partial charge in [-0.3, -0.25) is 4.79 Å². The zero-order valence-electron chi connectivity index (χ0n) is 23.0. The van der Waals surface area contributed by atoms with Crippen LogP contribution in [0.2, 0.25) is 5.04 Å². The number of carbonyl (C=O) groups excluding carboxylic acids is 1. The van der Waals surface area contributed by atoms with Crippen LogP contribution in [0.4, 0.5) is 4.39 Å². The maximum absolute atomic E-state index is 14.0. The monoisotopic (exact) mass is 535 g/mol. The van der Waals surface area contributed by atoms with Gasteiger partial charge in [0, 0.05) is 0 Å². The lowest BCUT2D eigenvalue weighted by Gasteiger charge is -2.49. The highest BCUT2D eigenvalue weighted by atomic mass is 28.4. The van der Waals surface area contributed by atoms with E-state index in [9.17, 15) is 14.3 Å². The van der Waals surface area contributed by atoms with E-state index < -0.39 is 38.3 Å². The minimum absolute atomic E-state index is 0.249. The first-order valence-corrected chi connectivity index (χ1v) is 15.0. The van der Waals surface area contributed by atoms with Crippen LogP contribution in [0.1, 0.15) is 53.1 Å². The van der Waals surface area contributed by atoms with Gasteiger partial charge in [0.1, 0.15) is 5.82 Å². The molecule has 3 aromatic rings. The Morgan fingerprint density at radius 3 is 1.95 bits per heavy atom. The molecule has 3 aromatic carbocycles. The second-order valence-electron chi connectivity index (χ2n) is 11.7. The van der Waals surface area contributed by atoms with Gasteiger partial charge in [0.15, 0.2) is 0 Å². The van der Waals surface area contributed by atoms with Crippen LogP contribution in [0.3, 0.4) is 0 Å². The molecule has 5 nitrogen and oxygen atoms in total. The molecular formula is C31H38FNO4Si. The Bertz CT molecular complexity index is 1190. The third-order valence-electron chi connectivity index (χ3n) is 7.25. The summed E-state index contributed by atoms with van der Waals surface area (Å²) in [7, 11) is -2.96. The van der Waals surface area contributed by atoms with E-state index in [2.05, 4.69) is 45.0 Å². The zero-order valence-corrected chi connectivity index (χ0v) is 24.0. The molecule has 3 atom stereocenters. The lowest BCUT2D eigenvalue weighted by atomic mass is 9.96. The average Bonchev–Trinajstić information content (AvgIpc) is 2.86. The number of aliphatic hydroxyl groups is 1. The molecule has 1 fully saturated rings. The Morgan fingerprint density at radius 1 is 0.974 bits per heavy atom. The fourth-order valence-corrected chi connectivity index (χ4v) is 10.4. The molecule has 1 N–H and O–H groups in total. The third kappa shape index (κ3) is 5.47. The molecule has 0 spiro atoms.